The third kappa shape index (κ3) is 4.59. The van der Waals surface area contributed by atoms with E-state index in [1.165, 1.54) is 5.57 Å². The van der Waals surface area contributed by atoms with Crippen LogP contribution in [0.15, 0.2) is 57.2 Å². The van der Waals surface area contributed by atoms with Crippen LogP contribution >= 0.6 is 0 Å². The second-order valence-electron chi connectivity index (χ2n) is 8.94. The molecule has 1 amide bonds. The van der Waals surface area contributed by atoms with Crippen molar-refractivity contribution in [2.75, 3.05) is 26.7 Å². The fraction of sp³-hybridized carbons (Fsp3) is 0.520. The van der Waals surface area contributed by atoms with Gasteiger partial charge in [-0.15, -0.1) is 0 Å². The predicted molar refractivity (Wildman–Crippen MR) is 127 cm³/mol. The topological polar surface area (TPSA) is 74.3 Å². The lowest BCUT2D eigenvalue weighted by molar-refractivity contribution is -0.129. The van der Waals surface area contributed by atoms with Gasteiger partial charge in [0.15, 0.2) is 0 Å². The van der Waals surface area contributed by atoms with Crippen LogP contribution in [0.5, 0.6) is 0 Å². The van der Waals surface area contributed by atoms with E-state index in [0.717, 1.165) is 80.5 Å². The number of nitrogens with zero attached hydrogens (tertiary/aromatic N) is 4. The highest BCUT2D eigenvalue weighted by molar-refractivity contribution is 6.06. The fourth-order valence-electron chi connectivity index (χ4n) is 4.88. The number of carbonyl (C=O) groups excluding carboxylic acids is 1. The van der Waals surface area contributed by atoms with Crippen LogP contribution < -0.4 is 5.73 Å². The highest BCUT2D eigenvalue weighted by atomic mass is 16.2. The van der Waals surface area contributed by atoms with Gasteiger partial charge in [0.05, 0.1) is 11.8 Å². The Morgan fingerprint density at radius 3 is 2.77 bits per heavy atom. The van der Waals surface area contributed by atoms with E-state index in [0.29, 0.717) is 0 Å². The average molecular weight is 421 g/mol. The lowest BCUT2D eigenvalue weighted by Crippen LogP contribution is -2.48. The molecule has 4 rings (SSSR count). The number of allylic oxidation sites excluding steroid dienone is 4. The van der Waals surface area contributed by atoms with Crippen LogP contribution in [0.25, 0.3) is 0 Å². The molecule has 1 aliphatic carbocycles. The molecule has 2 atom stereocenters. The first-order valence-electron chi connectivity index (χ1n) is 11.4. The second-order valence-corrected chi connectivity index (χ2v) is 8.94. The molecule has 0 spiro atoms. The van der Waals surface area contributed by atoms with Crippen molar-refractivity contribution in [3.8, 4) is 0 Å². The smallest absolute Gasteiger partial charge is 0.251 e. The zero-order valence-electron chi connectivity index (χ0n) is 19.0. The maximum Gasteiger partial charge on any atom is 0.251 e. The number of aliphatic imine (C=N–C) groups is 2. The molecule has 0 bridgehead atoms. The van der Waals surface area contributed by atoms with Crippen LogP contribution in [0.1, 0.15) is 46.0 Å². The Balaban J connectivity index is 1.56. The Hall–Kier alpha value is -2.47. The highest BCUT2D eigenvalue weighted by Crippen LogP contribution is 2.28. The third-order valence-corrected chi connectivity index (χ3v) is 6.69. The normalized spacial score (nSPS) is 28.8. The number of hydrogen-bond donors (Lipinski definition) is 1. The molecular formula is C25H34N5O. The average Bonchev–Trinajstić information content (AvgIpc) is 3.40. The molecule has 3 heterocycles. The van der Waals surface area contributed by atoms with Crippen LogP contribution in [-0.4, -0.2) is 66.0 Å². The molecule has 2 N–H and O–H groups in total. The van der Waals surface area contributed by atoms with Gasteiger partial charge in [0.25, 0.3) is 5.91 Å². The standard InChI is InChI=1S/C25H34N5O/c1-17-7-6-8-21(17)25(31)30-13-5-4-9-23(30)22(27-3)15-20-11-10-18(2)24(28-20)29-14-12-19(26)16-29/h6-8,10,15,19,23H,4-5,9,11-14,16,26H2,1-3H3/b20-15+,27-22?/t19-,23-/m0/s1. The van der Waals surface area contributed by atoms with Crippen molar-refractivity contribution >= 4 is 17.5 Å². The molecule has 0 aromatic carbocycles. The van der Waals surface area contributed by atoms with Crippen LogP contribution in [0, 0.1) is 5.92 Å². The van der Waals surface area contributed by atoms with Crippen molar-refractivity contribution in [3.63, 3.8) is 0 Å². The molecule has 165 valence electrons. The van der Waals surface area contributed by atoms with Crippen LogP contribution in [0.2, 0.25) is 0 Å². The molecular weight excluding hydrogens is 386 g/mol. The summed E-state index contributed by atoms with van der Waals surface area (Å²) < 4.78 is 0. The van der Waals surface area contributed by atoms with E-state index < -0.39 is 0 Å². The van der Waals surface area contributed by atoms with Gasteiger partial charge in [-0.25, -0.2) is 4.99 Å². The number of hydrogen-bond acceptors (Lipinski definition) is 5. The largest absolute Gasteiger partial charge is 0.355 e. The lowest BCUT2D eigenvalue weighted by Gasteiger charge is -2.37. The minimum absolute atomic E-state index is 0.00101. The van der Waals surface area contributed by atoms with E-state index in [2.05, 4.69) is 29.0 Å². The maximum atomic E-state index is 13.3. The SMILES string of the molecule is CN=C(/C=C1\CC=C(C)C(N2CC[C@H](N)C2)=N1)[C@@H]1CCCCN1C(=O)C1=CC=C[C]1C. The Kier molecular flexibility index (Phi) is 6.56. The lowest BCUT2D eigenvalue weighted by atomic mass is 9.94. The van der Waals surface area contributed by atoms with Gasteiger partial charge in [-0.2, -0.15) is 0 Å². The molecule has 1 radical (unpaired) electrons. The third-order valence-electron chi connectivity index (χ3n) is 6.69. The second kappa shape index (κ2) is 9.35. The van der Waals surface area contributed by atoms with E-state index in [4.69, 9.17) is 10.7 Å². The first kappa shape index (κ1) is 21.8. The number of amidine groups is 1. The Labute approximate surface area is 186 Å². The maximum absolute atomic E-state index is 13.3. The first-order valence-corrected chi connectivity index (χ1v) is 11.4. The number of piperidine rings is 1. The van der Waals surface area contributed by atoms with Gasteiger partial charge in [0.2, 0.25) is 0 Å². The van der Waals surface area contributed by atoms with Gasteiger partial charge in [0, 0.05) is 56.3 Å². The minimum atomic E-state index is -0.00101. The first-order chi connectivity index (χ1) is 15.0. The number of amides is 1. The number of rotatable bonds is 3. The van der Waals surface area contributed by atoms with Crippen LogP contribution in [0.3, 0.4) is 0 Å². The van der Waals surface area contributed by atoms with Crippen molar-refractivity contribution in [1.82, 2.24) is 9.80 Å². The van der Waals surface area contributed by atoms with Gasteiger partial charge in [-0.1, -0.05) is 31.2 Å². The highest BCUT2D eigenvalue weighted by Gasteiger charge is 2.33. The summed E-state index contributed by atoms with van der Waals surface area (Å²) in [6.45, 7) is 6.71. The predicted octanol–water partition coefficient (Wildman–Crippen LogP) is 3.19. The quantitative estimate of drug-likeness (QED) is 0.713. The molecule has 2 saturated heterocycles. The minimum Gasteiger partial charge on any atom is -0.355 e. The zero-order valence-corrected chi connectivity index (χ0v) is 19.0. The van der Waals surface area contributed by atoms with Crippen LogP contribution in [-0.2, 0) is 4.79 Å². The van der Waals surface area contributed by atoms with Gasteiger partial charge in [-0.3, -0.25) is 9.79 Å². The van der Waals surface area contributed by atoms with Gasteiger partial charge < -0.3 is 15.5 Å². The van der Waals surface area contributed by atoms with Crippen molar-refractivity contribution in [3.05, 3.63) is 53.1 Å². The Morgan fingerprint density at radius 1 is 1.26 bits per heavy atom. The molecule has 6 heteroatoms. The summed E-state index contributed by atoms with van der Waals surface area (Å²) in [7, 11) is 1.82. The van der Waals surface area contributed by atoms with Crippen molar-refractivity contribution in [1.29, 1.82) is 0 Å². The van der Waals surface area contributed by atoms with Crippen molar-refractivity contribution < 1.29 is 4.79 Å². The molecule has 0 aromatic heterocycles. The molecule has 0 unspecified atom stereocenters. The zero-order chi connectivity index (χ0) is 22.0. The van der Waals surface area contributed by atoms with Crippen molar-refractivity contribution in [2.45, 2.75) is 58.0 Å². The summed E-state index contributed by atoms with van der Waals surface area (Å²) >= 11 is 0. The number of nitrogens with two attached hydrogens (primary N) is 1. The van der Waals surface area contributed by atoms with Gasteiger partial charge >= 0.3 is 0 Å². The fourth-order valence-corrected chi connectivity index (χ4v) is 4.88. The summed E-state index contributed by atoms with van der Waals surface area (Å²) in [4.78, 5) is 27.2. The summed E-state index contributed by atoms with van der Waals surface area (Å²) in [6.07, 6.45) is 15.1. The molecule has 6 nitrogen and oxygen atoms in total. The number of likely N-dealkylation sites (tertiary alicyclic amines) is 2. The Morgan fingerprint density at radius 2 is 2.10 bits per heavy atom. The molecule has 2 fully saturated rings. The number of dihydropyridines is 1. The van der Waals surface area contributed by atoms with E-state index >= 15 is 0 Å². The number of carbonyl (C=O) groups is 1. The van der Waals surface area contributed by atoms with Crippen LogP contribution in [0.4, 0.5) is 0 Å². The molecule has 3 aliphatic heterocycles. The summed E-state index contributed by atoms with van der Waals surface area (Å²) in [5.74, 6) is 2.18. The van der Waals surface area contributed by atoms with E-state index in [1.54, 1.807) is 0 Å². The van der Waals surface area contributed by atoms with E-state index in [1.807, 2.05) is 37.1 Å². The molecule has 0 aromatic rings. The van der Waals surface area contributed by atoms with Gasteiger partial charge in [0.1, 0.15) is 5.84 Å². The van der Waals surface area contributed by atoms with Crippen molar-refractivity contribution in [2.24, 2.45) is 15.7 Å². The summed E-state index contributed by atoms with van der Waals surface area (Å²) in [5.41, 5.74) is 10.1. The van der Waals surface area contributed by atoms with E-state index in [-0.39, 0.29) is 18.0 Å². The molecule has 4 aliphatic rings. The van der Waals surface area contributed by atoms with Gasteiger partial charge in [-0.05, 0) is 44.3 Å². The summed E-state index contributed by atoms with van der Waals surface area (Å²) in [6, 6.07) is 0.220. The monoisotopic (exact) mass is 420 g/mol. The van der Waals surface area contributed by atoms with E-state index in [9.17, 15) is 4.79 Å². The molecule has 0 saturated carbocycles. The molecule has 31 heavy (non-hydrogen) atoms. The Bertz CT molecular complexity index is 907. The summed E-state index contributed by atoms with van der Waals surface area (Å²) in [5, 5.41) is 0.